The summed E-state index contributed by atoms with van der Waals surface area (Å²) in [6.45, 7) is 14.7. The first kappa shape index (κ1) is 56.0. The number of aromatic nitrogens is 5. The molecule has 5 atom stereocenters. The van der Waals surface area contributed by atoms with Crippen molar-refractivity contribution in [3.8, 4) is 5.75 Å². The molecule has 2 aromatic carbocycles. The van der Waals surface area contributed by atoms with Gasteiger partial charge in [0, 0.05) is 74.2 Å². The minimum Gasteiger partial charge on any atom is -0.492 e. The molecule has 78 heavy (non-hydrogen) atoms. The summed E-state index contributed by atoms with van der Waals surface area (Å²) in [5.41, 5.74) is 5.03. The van der Waals surface area contributed by atoms with Crippen LogP contribution >= 0.6 is 0 Å². The predicted octanol–water partition coefficient (Wildman–Crippen LogP) is 5.84. The number of aromatic amines is 1. The van der Waals surface area contributed by atoms with Gasteiger partial charge in [-0.25, -0.2) is 23.4 Å². The van der Waals surface area contributed by atoms with Crippen molar-refractivity contribution in [2.45, 2.75) is 146 Å². The van der Waals surface area contributed by atoms with Gasteiger partial charge in [0.1, 0.15) is 40.7 Å². The summed E-state index contributed by atoms with van der Waals surface area (Å²) in [5, 5.41) is 23.5. The van der Waals surface area contributed by atoms with E-state index < -0.39 is 38.8 Å². The Balaban J connectivity index is 0.809. The number of ether oxygens (including phenoxy) is 1. The van der Waals surface area contributed by atoms with E-state index in [-0.39, 0.29) is 59.2 Å². The lowest BCUT2D eigenvalue weighted by Crippen LogP contribution is -2.58. The molecule has 1 saturated carbocycles. The number of nitrogens with one attached hydrogen (secondary N) is 6. The number of aryl methyl sites for hydroxylation is 2. The lowest BCUT2D eigenvalue weighted by molar-refractivity contribution is -0.143. The van der Waals surface area contributed by atoms with E-state index in [0.717, 1.165) is 93.6 Å². The normalized spacial score (nSPS) is 20.2. The number of piperazine rings is 1. The number of nitrogens with zero attached hydrogens (tertiary/aromatic N) is 7. The third-order valence-corrected chi connectivity index (χ3v) is 18.8. The summed E-state index contributed by atoms with van der Waals surface area (Å²) >= 11 is 0. The number of benzene rings is 2. The van der Waals surface area contributed by atoms with E-state index in [9.17, 15) is 27.6 Å². The van der Waals surface area contributed by atoms with Gasteiger partial charge in [-0.2, -0.15) is 5.10 Å². The Kier molecular flexibility index (Phi) is 17.3. The van der Waals surface area contributed by atoms with Crippen molar-refractivity contribution in [3.63, 3.8) is 0 Å². The highest BCUT2D eigenvalue weighted by molar-refractivity contribution is 7.92. The lowest BCUT2D eigenvalue weighted by atomic mass is 9.83. The highest BCUT2D eigenvalue weighted by Gasteiger charge is 2.45. The van der Waals surface area contributed by atoms with Crippen LogP contribution in [0.2, 0.25) is 0 Å². The molecule has 3 fully saturated rings. The number of sulfone groups is 1. The van der Waals surface area contributed by atoms with Gasteiger partial charge in [0.05, 0.1) is 34.5 Å². The minimum atomic E-state index is -3.84. The van der Waals surface area contributed by atoms with Crippen LogP contribution in [0.5, 0.6) is 5.75 Å². The zero-order valence-corrected chi connectivity index (χ0v) is 47.0. The number of hydrogen-bond donors (Lipinski definition) is 6. The fraction of sp³-hybridized carbons (Fsp3) is 0.544. The smallest absolute Gasteiger partial charge is 0.253 e. The number of rotatable bonds is 18. The fourth-order valence-corrected chi connectivity index (χ4v) is 12.5. The van der Waals surface area contributed by atoms with Crippen LogP contribution in [0.4, 0.5) is 17.5 Å². The van der Waals surface area contributed by atoms with Crippen molar-refractivity contribution in [2.24, 2.45) is 5.92 Å². The van der Waals surface area contributed by atoms with E-state index in [4.69, 9.17) is 9.72 Å². The monoisotopic (exact) mass is 1090 g/mol. The van der Waals surface area contributed by atoms with Crippen LogP contribution in [-0.2, 0) is 30.6 Å². The molecule has 2 aliphatic carbocycles. The molecular weight excluding hydrogens is 1010 g/mol. The van der Waals surface area contributed by atoms with Crippen LogP contribution in [0, 0.1) is 19.8 Å². The van der Waals surface area contributed by atoms with Crippen LogP contribution in [-0.4, -0.2) is 149 Å². The first-order chi connectivity index (χ1) is 37.4. The molecular formula is C57H77N13O7S. The Bertz CT molecular complexity index is 3080. The highest BCUT2D eigenvalue weighted by Crippen LogP contribution is 2.38. The third-order valence-electron chi connectivity index (χ3n) is 16.3. The molecule has 2 aliphatic heterocycles. The Labute approximate surface area is 458 Å². The number of carbonyl (C=O) groups is 4. The number of likely N-dealkylation sites (N-methyl/N-ethyl adjacent to an activating group) is 1. The number of likely N-dealkylation sites (tertiary alicyclic amines) is 1. The SMILES string of the molecule is CN[C@@H](C)C(=O)NC(C(=O)N1C[C@@H](NC(=O)c2ccc(N3CCN(CCCOc4cc5ncnc(Nc6n[nH]c(C)c6C)c5cc4S(=O)(=O)C(C)(C)C)CC3)nc2)C[C@H]1C(=O)N[C@@H]1CCCc2ccccc21)C1CCCCC1. The Morgan fingerprint density at radius 1 is 0.897 bits per heavy atom. The largest absolute Gasteiger partial charge is 0.492 e. The van der Waals surface area contributed by atoms with E-state index in [1.165, 1.54) is 11.9 Å². The average molecular weight is 1090 g/mol. The standard InChI is InChI=1S/C57H77N13O7S/c1-35-36(2)66-67-51(35)65-52-43-30-48(78(75,76)57(4,5)6)47(31-45(43)60-34-61-52)77-28-14-23-68-24-26-69(27-25-68)49-22-21-40(32-59-49)54(72)62-41-29-46(55(73)63-44-20-13-18-38-15-11-12-19-42(38)44)70(33-41)56(74)50(39-16-9-8-10-17-39)64-53(71)37(3)58-7/h11-12,15,19,21-22,30-32,34,37,39,41,44,46,50,58H,8-10,13-14,16-18,20,23-29,33H2,1-7H3,(H,62,72)(H,63,73)(H,64,71)(H2,60,61,65,66,67)/t37-,41-,44+,46-,50?/m0/s1. The average Bonchev–Trinajstić information content (AvgIpc) is 4.07. The van der Waals surface area contributed by atoms with Gasteiger partial charge in [-0.3, -0.25) is 29.2 Å². The second kappa shape index (κ2) is 24.1. The van der Waals surface area contributed by atoms with E-state index >= 15 is 0 Å². The van der Waals surface area contributed by atoms with Crippen molar-refractivity contribution in [1.29, 1.82) is 0 Å². The molecule has 0 radical (unpaired) electrons. The van der Waals surface area contributed by atoms with E-state index in [0.29, 0.717) is 54.2 Å². The molecule has 418 valence electrons. The highest BCUT2D eigenvalue weighted by atomic mass is 32.2. The van der Waals surface area contributed by atoms with Crippen LogP contribution < -0.4 is 36.2 Å². The summed E-state index contributed by atoms with van der Waals surface area (Å²) in [6.07, 6.45) is 11.2. The molecule has 1 unspecified atom stereocenters. The maximum atomic E-state index is 14.8. The Morgan fingerprint density at radius 3 is 2.37 bits per heavy atom. The second-order valence-corrected chi connectivity index (χ2v) is 25.2. The van der Waals surface area contributed by atoms with Gasteiger partial charge in [-0.15, -0.1) is 0 Å². The summed E-state index contributed by atoms with van der Waals surface area (Å²) in [6, 6.07) is 12.2. The Morgan fingerprint density at radius 2 is 1.67 bits per heavy atom. The first-order valence-electron chi connectivity index (χ1n) is 27.8. The van der Waals surface area contributed by atoms with Crippen molar-refractivity contribution < 1.29 is 32.3 Å². The number of pyridine rings is 1. The van der Waals surface area contributed by atoms with Gasteiger partial charge >= 0.3 is 0 Å². The molecule has 21 heteroatoms. The number of amides is 4. The van der Waals surface area contributed by atoms with Crippen LogP contribution in [0.25, 0.3) is 10.9 Å². The van der Waals surface area contributed by atoms with Gasteiger partial charge in [-0.1, -0.05) is 43.5 Å². The summed E-state index contributed by atoms with van der Waals surface area (Å²) in [4.78, 5) is 76.4. The fourth-order valence-electron chi connectivity index (χ4n) is 11.2. The quantitative estimate of drug-likeness (QED) is 0.0565. The molecule has 5 heterocycles. The maximum Gasteiger partial charge on any atom is 0.253 e. The lowest BCUT2D eigenvalue weighted by Gasteiger charge is -2.35. The van der Waals surface area contributed by atoms with Crippen molar-refractivity contribution >= 4 is 61.8 Å². The zero-order chi connectivity index (χ0) is 55.3. The third kappa shape index (κ3) is 12.4. The van der Waals surface area contributed by atoms with Gasteiger partial charge in [0.25, 0.3) is 5.91 Å². The molecule has 0 spiro atoms. The van der Waals surface area contributed by atoms with Crippen molar-refractivity contribution in [2.75, 3.05) is 63.1 Å². The van der Waals surface area contributed by atoms with E-state index in [1.54, 1.807) is 64.0 Å². The van der Waals surface area contributed by atoms with E-state index in [1.807, 2.05) is 32.0 Å². The van der Waals surface area contributed by atoms with Crippen molar-refractivity contribution in [3.05, 3.63) is 89.0 Å². The molecule has 2 saturated heterocycles. The predicted molar refractivity (Wildman–Crippen MR) is 299 cm³/mol. The molecule has 20 nitrogen and oxygen atoms in total. The zero-order valence-electron chi connectivity index (χ0n) is 46.2. The van der Waals surface area contributed by atoms with E-state index in [2.05, 4.69) is 68.7 Å². The van der Waals surface area contributed by atoms with Crippen LogP contribution in [0.1, 0.15) is 124 Å². The molecule has 3 aromatic heterocycles. The summed E-state index contributed by atoms with van der Waals surface area (Å²) in [5.74, 6) is 0.779. The number of carbonyl (C=O) groups excluding carboxylic acids is 4. The maximum absolute atomic E-state index is 14.8. The Hall–Kier alpha value is -6.71. The molecule has 4 aliphatic rings. The van der Waals surface area contributed by atoms with Gasteiger partial charge < -0.3 is 41.1 Å². The minimum absolute atomic E-state index is 0.0638. The first-order valence-corrected chi connectivity index (χ1v) is 29.2. The summed E-state index contributed by atoms with van der Waals surface area (Å²) in [7, 11) is -2.14. The van der Waals surface area contributed by atoms with Gasteiger partial charge in [0.2, 0.25) is 17.7 Å². The van der Waals surface area contributed by atoms with Crippen LogP contribution in [0.15, 0.2) is 66.0 Å². The second-order valence-electron chi connectivity index (χ2n) is 22.5. The number of hydrogen-bond acceptors (Lipinski definition) is 15. The number of fused-ring (bicyclic) bond motifs is 2. The van der Waals surface area contributed by atoms with Gasteiger partial charge in [-0.05, 0) is 129 Å². The molecule has 4 amide bonds. The summed E-state index contributed by atoms with van der Waals surface area (Å²) < 4.78 is 33.2. The van der Waals surface area contributed by atoms with Gasteiger partial charge in [0.15, 0.2) is 15.7 Å². The molecule has 9 rings (SSSR count). The molecule has 6 N–H and O–H groups in total. The number of H-pyrrole nitrogens is 1. The molecule has 5 aromatic rings. The van der Waals surface area contributed by atoms with Crippen LogP contribution in [0.3, 0.4) is 0 Å². The molecule has 0 bridgehead atoms. The topological polar surface area (TPSA) is 249 Å². The van der Waals surface area contributed by atoms with Crippen molar-refractivity contribution in [1.82, 2.24) is 56.2 Å². The number of anilines is 3.